The summed E-state index contributed by atoms with van der Waals surface area (Å²) < 4.78 is 0. The maximum atomic E-state index is 2.45. The van der Waals surface area contributed by atoms with Crippen LogP contribution in [0.3, 0.4) is 0 Å². The molecule has 10 heavy (non-hydrogen) atoms. The van der Waals surface area contributed by atoms with Crippen molar-refractivity contribution in [2.75, 3.05) is 0 Å². The molecule has 0 nitrogen and oxygen atoms in total. The number of hydrogen-bond donors (Lipinski definition) is 0. The summed E-state index contributed by atoms with van der Waals surface area (Å²) >= 11 is 0. The van der Waals surface area contributed by atoms with E-state index >= 15 is 0 Å². The van der Waals surface area contributed by atoms with Gasteiger partial charge in [0.05, 0.1) is 0 Å². The minimum atomic E-state index is 0. The smallest absolute Gasteiger partial charge is 0 e. The maximum Gasteiger partial charge on any atom is 0 e. The molecule has 1 unspecified atom stereocenters. The van der Waals surface area contributed by atoms with Crippen molar-refractivity contribution in [3.8, 4) is 0 Å². The summed E-state index contributed by atoms with van der Waals surface area (Å²) in [7, 11) is 0. The Bertz CT molecular complexity index is 96.9. The van der Waals surface area contributed by atoms with E-state index in [1.54, 1.807) is 0 Å². The molecular weight excluding hydrogens is 292 g/mol. The van der Waals surface area contributed by atoms with Crippen LogP contribution in [0.4, 0.5) is 0 Å². The van der Waals surface area contributed by atoms with E-state index in [0.29, 0.717) is 5.41 Å². The van der Waals surface area contributed by atoms with E-state index in [2.05, 4.69) is 27.2 Å². The Morgan fingerprint density at radius 2 is 2.00 bits per heavy atom. The second-order valence-corrected chi connectivity index (χ2v) is 4.12. The molecule has 0 N–H and O–H groups in total. The zero-order chi connectivity index (χ0) is 6.91. The molecule has 0 aliphatic heterocycles. The molecule has 1 aliphatic rings. The summed E-state index contributed by atoms with van der Waals surface area (Å²) in [5.74, 6) is 0.855. The molecule has 0 aromatic carbocycles. The number of rotatable bonds is 0. The van der Waals surface area contributed by atoms with Crippen molar-refractivity contribution in [1.82, 2.24) is 0 Å². The van der Waals surface area contributed by atoms with E-state index < -0.39 is 0 Å². The van der Waals surface area contributed by atoms with Crippen molar-refractivity contribution in [2.24, 2.45) is 11.3 Å². The molecule has 0 aromatic rings. The molecule has 0 bridgehead atoms. The summed E-state index contributed by atoms with van der Waals surface area (Å²) in [6.07, 6.45) is 6.55. The third kappa shape index (κ3) is 3.19. The molecule has 0 heterocycles. The normalized spacial score (nSPS) is 30.9. The van der Waals surface area contributed by atoms with Gasteiger partial charge < -0.3 is 6.42 Å². The standard InChI is InChI=1S/C9H17.W/c1-8-5-4-6-9(2,3)7-8;/h5,8H,4,6-7H2,1-3H3;/q-1;. The van der Waals surface area contributed by atoms with Gasteiger partial charge in [-0.2, -0.15) is 12.3 Å². The van der Waals surface area contributed by atoms with Crippen LogP contribution in [-0.2, 0) is 21.1 Å². The quantitative estimate of drug-likeness (QED) is 0.603. The molecule has 0 spiro atoms. The zero-order valence-electron chi connectivity index (χ0n) is 7.18. The molecule has 1 saturated carbocycles. The van der Waals surface area contributed by atoms with Gasteiger partial charge in [-0.15, -0.1) is 0 Å². The van der Waals surface area contributed by atoms with E-state index in [-0.39, 0.29) is 21.1 Å². The minimum absolute atomic E-state index is 0. The third-order valence-corrected chi connectivity index (χ3v) is 2.26. The van der Waals surface area contributed by atoms with Crippen molar-refractivity contribution in [3.05, 3.63) is 6.42 Å². The largest absolute Gasteiger partial charge is 0.326 e. The van der Waals surface area contributed by atoms with Crippen LogP contribution in [-0.4, -0.2) is 0 Å². The van der Waals surface area contributed by atoms with Crippen LogP contribution in [0.5, 0.6) is 0 Å². The van der Waals surface area contributed by atoms with Gasteiger partial charge in [0.25, 0.3) is 0 Å². The van der Waals surface area contributed by atoms with Crippen LogP contribution >= 0.6 is 0 Å². The van der Waals surface area contributed by atoms with E-state index in [1.807, 2.05) is 0 Å². The fraction of sp³-hybridized carbons (Fsp3) is 0.889. The van der Waals surface area contributed by atoms with Gasteiger partial charge in [0.2, 0.25) is 0 Å². The fourth-order valence-electron chi connectivity index (χ4n) is 1.82. The summed E-state index contributed by atoms with van der Waals surface area (Å²) in [5.41, 5.74) is 0.619. The first-order valence-electron chi connectivity index (χ1n) is 3.93. The second kappa shape index (κ2) is 3.90. The Morgan fingerprint density at radius 1 is 1.40 bits per heavy atom. The molecule has 1 aliphatic carbocycles. The molecule has 1 rings (SSSR count). The fourth-order valence-corrected chi connectivity index (χ4v) is 1.82. The average molecular weight is 309 g/mol. The monoisotopic (exact) mass is 309 g/mol. The molecule has 0 amide bonds. The van der Waals surface area contributed by atoms with Crippen LogP contribution < -0.4 is 0 Å². The van der Waals surface area contributed by atoms with Crippen LogP contribution in [0.2, 0.25) is 0 Å². The summed E-state index contributed by atoms with van der Waals surface area (Å²) in [6.45, 7) is 7.06. The van der Waals surface area contributed by atoms with Crippen molar-refractivity contribution >= 4 is 0 Å². The van der Waals surface area contributed by atoms with Gasteiger partial charge in [-0.3, -0.25) is 0 Å². The molecular formula is C9H17W-. The first-order valence-corrected chi connectivity index (χ1v) is 3.93. The molecule has 1 atom stereocenters. The predicted molar refractivity (Wildman–Crippen MR) is 41.1 cm³/mol. The van der Waals surface area contributed by atoms with E-state index in [4.69, 9.17) is 0 Å². The molecule has 0 radical (unpaired) electrons. The van der Waals surface area contributed by atoms with Crippen molar-refractivity contribution in [3.63, 3.8) is 0 Å². The van der Waals surface area contributed by atoms with Gasteiger partial charge in [0.15, 0.2) is 0 Å². The van der Waals surface area contributed by atoms with Gasteiger partial charge in [-0.25, -0.2) is 0 Å². The summed E-state index contributed by atoms with van der Waals surface area (Å²) in [6, 6.07) is 0. The Hall–Kier alpha value is 0.688. The van der Waals surface area contributed by atoms with Gasteiger partial charge in [-0.1, -0.05) is 33.6 Å². The SMILES string of the molecule is CC1[CH-]CCC(C)(C)C1.[W]. The van der Waals surface area contributed by atoms with E-state index in [9.17, 15) is 0 Å². The van der Waals surface area contributed by atoms with E-state index in [0.717, 1.165) is 5.92 Å². The molecule has 1 fully saturated rings. The first kappa shape index (κ1) is 10.7. The van der Waals surface area contributed by atoms with Gasteiger partial charge in [0, 0.05) is 21.1 Å². The molecule has 1 heteroatoms. The number of hydrogen-bond acceptors (Lipinski definition) is 0. The van der Waals surface area contributed by atoms with Crippen molar-refractivity contribution in [1.29, 1.82) is 0 Å². The third-order valence-electron chi connectivity index (χ3n) is 2.26. The predicted octanol–water partition coefficient (Wildman–Crippen LogP) is 3.03. The minimum Gasteiger partial charge on any atom is -0.326 e. The average Bonchev–Trinajstić information content (AvgIpc) is 1.60. The van der Waals surface area contributed by atoms with Crippen LogP contribution in [0.15, 0.2) is 0 Å². The zero-order valence-corrected chi connectivity index (χ0v) is 10.1. The van der Waals surface area contributed by atoms with Crippen LogP contribution in [0.25, 0.3) is 0 Å². The Morgan fingerprint density at radius 3 is 2.30 bits per heavy atom. The molecule has 60 valence electrons. The van der Waals surface area contributed by atoms with Gasteiger partial charge in [0.1, 0.15) is 0 Å². The molecule has 0 saturated heterocycles. The topological polar surface area (TPSA) is 0 Å². The summed E-state index contributed by atoms with van der Waals surface area (Å²) in [4.78, 5) is 0. The Balaban J connectivity index is 0.000000810. The van der Waals surface area contributed by atoms with Crippen molar-refractivity contribution in [2.45, 2.75) is 40.0 Å². The van der Waals surface area contributed by atoms with Gasteiger partial charge >= 0.3 is 0 Å². The van der Waals surface area contributed by atoms with Crippen molar-refractivity contribution < 1.29 is 21.1 Å². The van der Waals surface area contributed by atoms with Gasteiger partial charge in [-0.05, 0) is 5.41 Å². The first-order chi connectivity index (χ1) is 4.10. The van der Waals surface area contributed by atoms with E-state index in [1.165, 1.54) is 19.3 Å². The Kier molecular flexibility index (Phi) is 4.17. The molecule has 0 aromatic heterocycles. The van der Waals surface area contributed by atoms with Crippen LogP contribution in [0.1, 0.15) is 40.0 Å². The summed E-state index contributed by atoms with van der Waals surface area (Å²) in [5, 5.41) is 0. The second-order valence-electron chi connectivity index (χ2n) is 4.12. The Labute approximate surface area is 79.0 Å². The van der Waals surface area contributed by atoms with Crippen LogP contribution in [0, 0.1) is 17.8 Å². The maximum absolute atomic E-state index is 2.45.